The lowest BCUT2D eigenvalue weighted by Crippen LogP contribution is -2.09. The molecule has 0 bridgehead atoms. The van der Waals surface area contributed by atoms with Crippen molar-refractivity contribution in [2.24, 2.45) is 0 Å². The first-order valence-corrected chi connectivity index (χ1v) is 6.33. The number of ketones is 1. The summed E-state index contributed by atoms with van der Waals surface area (Å²) in [6.07, 6.45) is 0. The number of ether oxygens (including phenoxy) is 1. The zero-order valence-electron chi connectivity index (χ0n) is 11.0. The van der Waals surface area contributed by atoms with Crippen LogP contribution >= 0.6 is 11.6 Å². The van der Waals surface area contributed by atoms with Crippen molar-refractivity contribution >= 4 is 29.0 Å². The average Bonchev–Trinajstić information content (AvgIpc) is 2.37. The number of rotatable bonds is 3. The van der Waals surface area contributed by atoms with Gasteiger partial charge in [-0.3, -0.25) is 4.79 Å². The minimum atomic E-state index is -0.771. The fraction of sp³-hybridized carbons (Fsp3) is 0.0667. The maximum absolute atomic E-state index is 13.2. The van der Waals surface area contributed by atoms with E-state index in [1.54, 1.807) is 0 Å². The summed E-state index contributed by atoms with van der Waals surface area (Å²) in [5, 5.41) is 0.173. The van der Waals surface area contributed by atoms with E-state index in [9.17, 15) is 14.0 Å². The van der Waals surface area contributed by atoms with Crippen molar-refractivity contribution in [2.45, 2.75) is 6.92 Å². The van der Waals surface area contributed by atoms with E-state index in [2.05, 4.69) is 0 Å². The maximum atomic E-state index is 13.2. The monoisotopic (exact) mass is 307 g/mol. The first-order valence-electron chi connectivity index (χ1n) is 5.95. The molecule has 0 saturated heterocycles. The van der Waals surface area contributed by atoms with Crippen LogP contribution in [0.3, 0.4) is 0 Å². The van der Waals surface area contributed by atoms with E-state index in [1.165, 1.54) is 31.2 Å². The molecule has 21 heavy (non-hydrogen) atoms. The van der Waals surface area contributed by atoms with E-state index >= 15 is 0 Å². The summed E-state index contributed by atoms with van der Waals surface area (Å²) >= 11 is 5.91. The molecule has 0 aliphatic carbocycles. The number of nitrogens with two attached hydrogens (primary N) is 1. The van der Waals surface area contributed by atoms with Gasteiger partial charge >= 0.3 is 5.97 Å². The van der Waals surface area contributed by atoms with Crippen LogP contribution in [0.25, 0.3) is 0 Å². The van der Waals surface area contributed by atoms with Gasteiger partial charge in [-0.15, -0.1) is 0 Å². The smallest absolute Gasteiger partial charge is 0.343 e. The summed E-state index contributed by atoms with van der Waals surface area (Å²) in [5.41, 5.74) is 5.89. The van der Waals surface area contributed by atoms with E-state index in [0.717, 1.165) is 12.1 Å². The van der Waals surface area contributed by atoms with Crippen LogP contribution in [0.15, 0.2) is 36.4 Å². The summed E-state index contributed by atoms with van der Waals surface area (Å²) in [6.45, 7) is 1.38. The number of carbonyl (C=O) groups is 2. The van der Waals surface area contributed by atoms with Crippen LogP contribution < -0.4 is 10.5 Å². The third-order valence-corrected chi connectivity index (χ3v) is 3.00. The molecule has 0 atom stereocenters. The molecule has 0 amide bonds. The number of esters is 1. The Morgan fingerprint density at radius 2 is 1.90 bits per heavy atom. The van der Waals surface area contributed by atoms with Gasteiger partial charge in [0, 0.05) is 17.3 Å². The largest absolute Gasteiger partial charge is 0.423 e. The van der Waals surface area contributed by atoms with E-state index in [0.29, 0.717) is 5.56 Å². The molecular weight excluding hydrogens is 297 g/mol. The molecule has 2 aromatic rings. The van der Waals surface area contributed by atoms with Crippen LogP contribution in [0.5, 0.6) is 5.75 Å². The molecule has 0 heterocycles. The van der Waals surface area contributed by atoms with Gasteiger partial charge in [0.1, 0.15) is 11.6 Å². The first kappa shape index (κ1) is 15.0. The Hall–Kier alpha value is -2.40. The minimum Gasteiger partial charge on any atom is -0.423 e. The Labute approximate surface area is 125 Å². The molecule has 0 radical (unpaired) electrons. The molecule has 0 aliphatic heterocycles. The van der Waals surface area contributed by atoms with Gasteiger partial charge in [-0.1, -0.05) is 11.6 Å². The molecule has 0 fully saturated rings. The highest BCUT2D eigenvalue weighted by Gasteiger charge is 2.13. The molecule has 0 saturated carbocycles. The molecular formula is C15H11ClFNO3. The zero-order chi connectivity index (χ0) is 15.6. The molecule has 0 aliphatic rings. The van der Waals surface area contributed by atoms with Crippen LogP contribution in [-0.2, 0) is 0 Å². The number of halogens is 2. The Balaban J connectivity index is 2.23. The molecule has 0 spiro atoms. The Morgan fingerprint density at radius 1 is 1.19 bits per heavy atom. The highest BCUT2D eigenvalue weighted by molar-refractivity contribution is 6.34. The zero-order valence-corrected chi connectivity index (χ0v) is 11.8. The standard InChI is InChI=1S/C15H11ClFNO3/c1-8(19)13-3-2-12(7-14(13)16)21-15(20)9-4-10(17)6-11(18)5-9/h2-7H,18H2,1H3. The Bertz CT molecular complexity index is 711. The summed E-state index contributed by atoms with van der Waals surface area (Å²) in [7, 11) is 0. The summed E-state index contributed by atoms with van der Waals surface area (Å²) < 4.78 is 18.3. The van der Waals surface area contributed by atoms with Crippen LogP contribution in [0.4, 0.5) is 10.1 Å². The molecule has 108 valence electrons. The predicted molar refractivity (Wildman–Crippen MR) is 77.2 cm³/mol. The predicted octanol–water partition coefficient (Wildman–Crippen LogP) is 3.48. The van der Waals surface area contributed by atoms with Crippen LogP contribution in [0, 0.1) is 5.82 Å². The molecule has 4 nitrogen and oxygen atoms in total. The van der Waals surface area contributed by atoms with Gasteiger partial charge in [0.2, 0.25) is 0 Å². The molecule has 0 unspecified atom stereocenters. The van der Waals surface area contributed by atoms with Crippen molar-refractivity contribution in [1.29, 1.82) is 0 Å². The summed E-state index contributed by atoms with van der Waals surface area (Å²) in [4.78, 5) is 23.1. The van der Waals surface area contributed by atoms with Gasteiger partial charge in [0.25, 0.3) is 0 Å². The number of hydrogen-bond acceptors (Lipinski definition) is 4. The van der Waals surface area contributed by atoms with Gasteiger partial charge in [0.15, 0.2) is 5.78 Å². The third kappa shape index (κ3) is 3.58. The normalized spacial score (nSPS) is 10.2. The number of Topliss-reactive ketones (excluding diaryl/α,β-unsaturated/α-hetero) is 1. The number of anilines is 1. The second-order valence-corrected chi connectivity index (χ2v) is 4.77. The number of hydrogen-bond donors (Lipinski definition) is 1. The van der Waals surface area contributed by atoms with Crippen molar-refractivity contribution in [2.75, 3.05) is 5.73 Å². The van der Waals surface area contributed by atoms with Gasteiger partial charge < -0.3 is 10.5 Å². The van der Waals surface area contributed by atoms with Crippen molar-refractivity contribution in [3.8, 4) is 5.75 Å². The van der Waals surface area contributed by atoms with E-state index in [-0.39, 0.29) is 27.8 Å². The maximum Gasteiger partial charge on any atom is 0.343 e. The van der Waals surface area contributed by atoms with Crippen molar-refractivity contribution in [3.63, 3.8) is 0 Å². The van der Waals surface area contributed by atoms with Gasteiger partial charge in [-0.05, 0) is 37.3 Å². The number of carbonyl (C=O) groups excluding carboxylic acids is 2. The molecule has 0 aromatic heterocycles. The van der Waals surface area contributed by atoms with Crippen LogP contribution in [-0.4, -0.2) is 11.8 Å². The average molecular weight is 308 g/mol. The fourth-order valence-electron chi connectivity index (χ4n) is 1.74. The number of benzene rings is 2. The Kier molecular flexibility index (Phi) is 4.23. The number of nitrogen functional groups attached to an aromatic ring is 1. The van der Waals surface area contributed by atoms with Gasteiger partial charge in [0.05, 0.1) is 10.6 Å². The van der Waals surface area contributed by atoms with Crippen molar-refractivity contribution in [1.82, 2.24) is 0 Å². The second kappa shape index (κ2) is 5.93. The highest BCUT2D eigenvalue weighted by atomic mass is 35.5. The minimum absolute atomic E-state index is 0.0146. The van der Waals surface area contributed by atoms with Crippen molar-refractivity contribution < 1.29 is 18.7 Å². The lowest BCUT2D eigenvalue weighted by molar-refractivity contribution is 0.0734. The molecule has 2 N–H and O–H groups in total. The van der Waals surface area contributed by atoms with E-state index < -0.39 is 11.8 Å². The third-order valence-electron chi connectivity index (χ3n) is 2.69. The first-order chi connectivity index (χ1) is 9.86. The van der Waals surface area contributed by atoms with Crippen LogP contribution in [0.1, 0.15) is 27.6 Å². The lowest BCUT2D eigenvalue weighted by atomic mass is 10.1. The second-order valence-electron chi connectivity index (χ2n) is 4.36. The summed E-state index contributed by atoms with van der Waals surface area (Å²) in [5.74, 6) is -1.45. The van der Waals surface area contributed by atoms with E-state index in [4.69, 9.17) is 22.1 Å². The van der Waals surface area contributed by atoms with Gasteiger partial charge in [-0.2, -0.15) is 0 Å². The van der Waals surface area contributed by atoms with Crippen molar-refractivity contribution in [3.05, 3.63) is 58.4 Å². The molecule has 2 aromatic carbocycles. The Morgan fingerprint density at radius 3 is 2.48 bits per heavy atom. The summed E-state index contributed by atoms with van der Waals surface area (Å²) in [6, 6.07) is 7.64. The van der Waals surface area contributed by atoms with Gasteiger partial charge in [-0.25, -0.2) is 9.18 Å². The lowest BCUT2D eigenvalue weighted by Gasteiger charge is -2.07. The fourth-order valence-corrected chi connectivity index (χ4v) is 2.04. The highest BCUT2D eigenvalue weighted by Crippen LogP contribution is 2.24. The molecule has 2 rings (SSSR count). The van der Waals surface area contributed by atoms with Crippen LogP contribution in [0.2, 0.25) is 5.02 Å². The quantitative estimate of drug-likeness (QED) is 0.408. The topological polar surface area (TPSA) is 69.4 Å². The van der Waals surface area contributed by atoms with E-state index in [1.807, 2.05) is 0 Å². The molecule has 6 heteroatoms. The SMILES string of the molecule is CC(=O)c1ccc(OC(=O)c2cc(N)cc(F)c2)cc1Cl.